The minimum absolute atomic E-state index is 0.135. The van der Waals surface area contributed by atoms with E-state index in [1.165, 1.54) is 28.7 Å². The summed E-state index contributed by atoms with van der Waals surface area (Å²) in [6.07, 6.45) is 1.14. The Balaban J connectivity index is 1.32. The minimum atomic E-state index is -0.213. The molecule has 4 rings (SSSR count). The lowest BCUT2D eigenvalue weighted by molar-refractivity contribution is -0.131. The number of aromatic nitrogens is 2. The predicted molar refractivity (Wildman–Crippen MR) is 141 cm³/mol. The topological polar surface area (TPSA) is 52.6 Å². The van der Waals surface area contributed by atoms with Crippen LogP contribution in [0.1, 0.15) is 37.2 Å². The van der Waals surface area contributed by atoms with Gasteiger partial charge in [-0.05, 0) is 30.5 Å². The Bertz CT molecular complexity index is 1110. The van der Waals surface area contributed by atoms with E-state index in [9.17, 15) is 9.18 Å². The number of nitrogens with zero attached hydrogens (tertiary/aromatic N) is 5. The van der Waals surface area contributed by atoms with Gasteiger partial charge in [0.05, 0.1) is 5.69 Å². The molecule has 1 aliphatic rings. The van der Waals surface area contributed by atoms with Crippen molar-refractivity contribution in [2.24, 2.45) is 5.92 Å². The van der Waals surface area contributed by atoms with Gasteiger partial charge in [-0.1, -0.05) is 55.8 Å². The number of anilines is 2. The first-order chi connectivity index (χ1) is 16.9. The summed E-state index contributed by atoms with van der Waals surface area (Å²) in [5.41, 5.74) is 3.04. The summed E-state index contributed by atoms with van der Waals surface area (Å²) in [6.45, 7) is 10.4. The molecule has 1 aliphatic heterocycles. The van der Waals surface area contributed by atoms with E-state index in [1.807, 2.05) is 15.9 Å². The van der Waals surface area contributed by atoms with Crippen molar-refractivity contribution in [2.75, 3.05) is 49.1 Å². The van der Waals surface area contributed by atoms with Crippen LogP contribution >= 0.6 is 11.5 Å². The highest BCUT2D eigenvalue weighted by molar-refractivity contribution is 7.09. The van der Waals surface area contributed by atoms with E-state index in [2.05, 4.69) is 54.3 Å². The van der Waals surface area contributed by atoms with Crippen LogP contribution in [0.5, 0.6) is 0 Å². The zero-order valence-electron chi connectivity index (χ0n) is 20.8. The van der Waals surface area contributed by atoms with Gasteiger partial charge in [-0.3, -0.25) is 4.79 Å². The summed E-state index contributed by atoms with van der Waals surface area (Å²) in [5, 5.41) is 0.873. The zero-order valence-corrected chi connectivity index (χ0v) is 21.6. The lowest BCUT2D eigenvalue weighted by atomic mass is 10.1. The van der Waals surface area contributed by atoms with Crippen LogP contribution in [0.2, 0.25) is 0 Å². The Morgan fingerprint density at radius 2 is 1.80 bits per heavy atom. The van der Waals surface area contributed by atoms with Gasteiger partial charge in [0.25, 0.3) is 0 Å². The standard InChI is InChI=1S/C27H34FN5OS/c1-20(2)19-33(27-29-25(30-35-27)18-22-10-8-21(3)9-11-22)13-12-26(34)32-16-14-31(15-17-32)24-7-5-4-6-23(24)28/h4-11,20H,12-19H2,1-3H3. The van der Waals surface area contributed by atoms with Crippen molar-refractivity contribution in [1.29, 1.82) is 0 Å². The van der Waals surface area contributed by atoms with Crippen molar-refractivity contribution in [2.45, 2.75) is 33.6 Å². The highest BCUT2D eigenvalue weighted by Gasteiger charge is 2.24. The average molecular weight is 496 g/mol. The molecule has 0 radical (unpaired) electrons. The Morgan fingerprint density at radius 1 is 1.09 bits per heavy atom. The Labute approximate surface area is 211 Å². The number of para-hydroxylation sites is 1. The summed E-state index contributed by atoms with van der Waals surface area (Å²) in [5.74, 6) is 1.18. The summed E-state index contributed by atoms with van der Waals surface area (Å²) < 4.78 is 18.7. The maximum absolute atomic E-state index is 14.1. The number of rotatable bonds is 9. The molecule has 1 aromatic heterocycles. The van der Waals surface area contributed by atoms with Crippen LogP contribution in [0.3, 0.4) is 0 Å². The van der Waals surface area contributed by atoms with Gasteiger partial charge < -0.3 is 14.7 Å². The smallest absolute Gasteiger partial charge is 0.224 e. The first-order valence-corrected chi connectivity index (χ1v) is 13.1. The second kappa shape index (κ2) is 11.6. The highest BCUT2D eigenvalue weighted by atomic mass is 32.1. The molecule has 6 nitrogen and oxygen atoms in total. The summed E-state index contributed by atoms with van der Waals surface area (Å²) in [4.78, 5) is 23.9. The molecule has 1 amide bonds. The van der Waals surface area contributed by atoms with Crippen LogP contribution in [-0.4, -0.2) is 59.4 Å². The van der Waals surface area contributed by atoms with E-state index in [-0.39, 0.29) is 11.7 Å². The molecule has 1 fully saturated rings. The molecule has 0 aliphatic carbocycles. The number of piperazine rings is 1. The van der Waals surface area contributed by atoms with Crippen LogP contribution in [-0.2, 0) is 11.2 Å². The van der Waals surface area contributed by atoms with Crippen molar-refractivity contribution in [1.82, 2.24) is 14.3 Å². The minimum Gasteiger partial charge on any atom is -0.366 e. The van der Waals surface area contributed by atoms with Crippen molar-refractivity contribution in [3.8, 4) is 0 Å². The predicted octanol–water partition coefficient (Wildman–Crippen LogP) is 4.78. The molecule has 0 unspecified atom stereocenters. The number of amides is 1. The summed E-state index contributed by atoms with van der Waals surface area (Å²) in [7, 11) is 0. The van der Waals surface area contributed by atoms with E-state index in [1.54, 1.807) is 12.1 Å². The number of aryl methyl sites for hydroxylation is 1. The molecule has 8 heteroatoms. The van der Waals surface area contributed by atoms with E-state index in [0.29, 0.717) is 57.2 Å². The van der Waals surface area contributed by atoms with Crippen molar-refractivity contribution in [3.05, 3.63) is 71.3 Å². The van der Waals surface area contributed by atoms with Gasteiger partial charge in [-0.25, -0.2) is 9.37 Å². The van der Waals surface area contributed by atoms with E-state index in [4.69, 9.17) is 4.98 Å². The van der Waals surface area contributed by atoms with Crippen molar-refractivity contribution < 1.29 is 9.18 Å². The summed E-state index contributed by atoms with van der Waals surface area (Å²) in [6, 6.07) is 15.3. The van der Waals surface area contributed by atoms with Gasteiger partial charge in [0.1, 0.15) is 11.6 Å². The first kappa shape index (κ1) is 25.1. The molecule has 1 saturated heterocycles. The van der Waals surface area contributed by atoms with E-state index in [0.717, 1.165) is 17.5 Å². The number of hydrogen-bond donors (Lipinski definition) is 0. The van der Waals surface area contributed by atoms with Gasteiger partial charge in [-0.2, -0.15) is 4.37 Å². The van der Waals surface area contributed by atoms with Crippen LogP contribution < -0.4 is 9.80 Å². The number of halogens is 1. The van der Waals surface area contributed by atoms with Gasteiger partial charge in [0.2, 0.25) is 11.0 Å². The second-order valence-electron chi connectivity index (χ2n) is 9.56. The third-order valence-corrected chi connectivity index (χ3v) is 7.03. The SMILES string of the molecule is Cc1ccc(Cc2nsc(N(CCC(=O)N3CCN(c4ccccc4F)CC3)CC(C)C)n2)cc1. The fourth-order valence-corrected chi connectivity index (χ4v) is 5.05. The molecule has 2 heterocycles. The van der Waals surface area contributed by atoms with Gasteiger partial charge >= 0.3 is 0 Å². The van der Waals surface area contributed by atoms with Gasteiger partial charge in [-0.15, -0.1) is 0 Å². The molecule has 3 aromatic rings. The average Bonchev–Trinajstić information content (AvgIpc) is 3.31. The molecule has 0 saturated carbocycles. The third kappa shape index (κ3) is 6.78. The maximum Gasteiger partial charge on any atom is 0.224 e. The number of carbonyl (C=O) groups is 1. The van der Waals surface area contributed by atoms with E-state index >= 15 is 0 Å². The molecule has 186 valence electrons. The van der Waals surface area contributed by atoms with Crippen molar-refractivity contribution in [3.63, 3.8) is 0 Å². The molecular weight excluding hydrogens is 461 g/mol. The normalized spacial score (nSPS) is 14.0. The number of hydrogen-bond acceptors (Lipinski definition) is 6. The fourth-order valence-electron chi connectivity index (χ4n) is 4.33. The largest absolute Gasteiger partial charge is 0.366 e. The molecular formula is C27H34FN5OS. The molecule has 0 spiro atoms. The molecule has 2 aromatic carbocycles. The monoisotopic (exact) mass is 495 g/mol. The first-order valence-electron chi connectivity index (χ1n) is 12.3. The molecule has 0 N–H and O–H groups in total. The van der Waals surface area contributed by atoms with Crippen LogP contribution in [0, 0.1) is 18.7 Å². The third-order valence-electron chi connectivity index (χ3n) is 6.22. The van der Waals surface area contributed by atoms with Crippen LogP contribution in [0.25, 0.3) is 0 Å². The van der Waals surface area contributed by atoms with Gasteiger partial charge in [0.15, 0.2) is 0 Å². The molecule has 0 atom stereocenters. The fraction of sp³-hybridized carbons (Fsp3) is 0.444. The lowest BCUT2D eigenvalue weighted by Crippen LogP contribution is -2.49. The molecule has 35 heavy (non-hydrogen) atoms. The van der Waals surface area contributed by atoms with Gasteiger partial charge in [0, 0.05) is 63.6 Å². The quantitative estimate of drug-likeness (QED) is 0.428. The Morgan fingerprint density at radius 3 is 2.49 bits per heavy atom. The zero-order chi connectivity index (χ0) is 24.8. The van der Waals surface area contributed by atoms with Crippen molar-refractivity contribution >= 4 is 28.3 Å². The van der Waals surface area contributed by atoms with Crippen LogP contribution in [0.15, 0.2) is 48.5 Å². The number of benzene rings is 2. The molecule has 0 bridgehead atoms. The number of carbonyl (C=O) groups excluding carboxylic acids is 1. The highest BCUT2D eigenvalue weighted by Crippen LogP contribution is 2.22. The van der Waals surface area contributed by atoms with E-state index < -0.39 is 0 Å². The Hall–Kier alpha value is -3.00. The Kier molecular flexibility index (Phi) is 8.33. The summed E-state index contributed by atoms with van der Waals surface area (Å²) >= 11 is 1.41. The second-order valence-corrected chi connectivity index (χ2v) is 10.3. The van der Waals surface area contributed by atoms with Crippen LogP contribution in [0.4, 0.5) is 15.2 Å². The maximum atomic E-state index is 14.1. The lowest BCUT2D eigenvalue weighted by Gasteiger charge is -2.36.